The van der Waals surface area contributed by atoms with Crippen molar-refractivity contribution in [3.8, 4) is 17.1 Å². The third-order valence-corrected chi connectivity index (χ3v) is 13.2. The van der Waals surface area contributed by atoms with Crippen LogP contribution < -0.4 is 4.74 Å². The molecule has 0 bridgehead atoms. The second-order valence-corrected chi connectivity index (χ2v) is 17.8. The average Bonchev–Trinajstić information content (AvgIpc) is 3.75. The number of Topliss-reactive ketones (excluding diaryl/α,β-unsaturated/α-hetero) is 2. The molecule has 16 nitrogen and oxygen atoms in total. The molecule has 2 aromatic rings. The lowest BCUT2D eigenvalue weighted by Crippen LogP contribution is -2.64. The van der Waals surface area contributed by atoms with E-state index in [4.69, 9.17) is 28.4 Å². The van der Waals surface area contributed by atoms with Crippen molar-refractivity contribution in [1.29, 1.82) is 0 Å². The van der Waals surface area contributed by atoms with Crippen LogP contribution in [0, 0.1) is 23.7 Å². The third kappa shape index (κ3) is 11.6. The van der Waals surface area contributed by atoms with Gasteiger partial charge in [-0.05, 0) is 80.0 Å². The number of aryl methyl sites for hydroxylation is 1. The van der Waals surface area contributed by atoms with E-state index in [1.807, 2.05) is 49.7 Å². The van der Waals surface area contributed by atoms with Crippen molar-refractivity contribution in [1.82, 2.24) is 24.3 Å². The quantitative estimate of drug-likeness (QED) is 0.0725. The van der Waals surface area contributed by atoms with Crippen molar-refractivity contribution in [2.75, 3.05) is 41.5 Å². The van der Waals surface area contributed by atoms with Crippen LogP contribution in [0.1, 0.15) is 87.5 Å². The third-order valence-electron chi connectivity index (χ3n) is 13.2. The van der Waals surface area contributed by atoms with Gasteiger partial charge in [0.1, 0.15) is 29.5 Å². The van der Waals surface area contributed by atoms with Gasteiger partial charge >= 0.3 is 5.97 Å². The number of rotatable bonds is 17. The van der Waals surface area contributed by atoms with E-state index in [2.05, 4.69) is 16.5 Å². The molecule has 0 radical (unpaired) electrons. The Morgan fingerprint density at radius 1 is 1.02 bits per heavy atom. The highest BCUT2D eigenvalue weighted by Gasteiger charge is 2.55. The minimum Gasteiger partial charge on any atom is -0.478 e. The topological polar surface area (TPSA) is 181 Å². The zero-order valence-corrected chi connectivity index (χ0v) is 39.5. The molecule has 4 rings (SSSR count). The Kier molecular flexibility index (Phi) is 18.6. The summed E-state index contributed by atoms with van der Waals surface area (Å²) in [5, 5.41) is 11.5. The van der Waals surface area contributed by atoms with Gasteiger partial charge in [-0.15, -0.1) is 6.58 Å². The summed E-state index contributed by atoms with van der Waals surface area (Å²) in [6, 6.07) is 2.43. The normalized spacial score (nSPS) is 33.7. The fourth-order valence-electron chi connectivity index (χ4n) is 9.57. The van der Waals surface area contributed by atoms with E-state index in [0.29, 0.717) is 44.7 Å². The zero-order valence-electron chi connectivity index (χ0n) is 39.5. The number of pyridine rings is 1. The van der Waals surface area contributed by atoms with Gasteiger partial charge in [-0.1, -0.05) is 33.8 Å². The summed E-state index contributed by atoms with van der Waals surface area (Å²) < 4.78 is 38.9. The van der Waals surface area contributed by atoms with Crippen LogP contribution in [0.4, 0.5) is 0 Å². The molecule has 63 heavy (non-hydrogen) atoms. The molecular formula is C47H73N5O11. The molecular weight excluding hydrogens is 811 g/mol. The molecule has 13 atom stereocenters. The van der Waals surface area contributed by atoms with Crippen LogP contribution in [-0.4, -0.2) is 149 Å². The van der Waals surface area contributed by atoms with Crippen LogP contribution in [0.3, 0.4) is 0 Å². The number of cyclic esters (lactones) is 1. The molecule has 2 aliphatic rings. The van der Waals surface area contributed by atoms with Crippen LogP contribution >= 0.6 is 0 Å². The summed E-state index contributed by atoms with van der Waals surface area (Å²) in [7, 11) is 6.66. The molecule has 1 amide bonds. The number of ether oxygens (including phenoxy) is 6. The monoisotopic (exact) mass is 884 g/mol. The Balaban J connectivity index is 1.68. The van der Waals surface area contributed by atoms with Crippen molar-refractivity contribution in [3.63, 3.8) is 0 Å². The number of amides is 1. The maximum absolute atomic E-state index is 14.9. The summed E-state index contributed by atoms with van der Waals surface area (Å²) >= 11 is 0. The highest BCUT2D eigenvalue weighted by Crippen LogP contribution is 2.40. The van der Waals surface area contributed by atoms with Gasteiger partial charge in [0.25, 0.3) is 0 Å². The molecule has 1 N–H and O–H groups in total. The fourth-order valence-corrected chi connectivity index (χ4v) is 9.57. The number of unbranched alkanes of at least 4 members (excludes halogenated alkanes) is 1. The molecule has 0 saturated carbocycles. The number of hydrogen-bond donors (Lipinski definition) is 1. The number of carbonyl (C=O) groups is 4. The number of aromatic nitrogens is 3. The van der Waals surface area contributed by atoms with Gasteiger partial charge in [-0.25, -0.2) is 9.97 Å². The van der Waals surface area contributed by atoms with E-state index in [0.717, 1.165) is 11.3 Å². The summed E-state index contributed by atoms with van der Waals surface area (Å²) in [6.07, 6.45) is 5.06. The Morgan fingerprint density at radius 2 is 1.73 bits per heavy atom. The fraction of sp³-hybridized carbons (Fsp3) is 0.702. The van der Waals surface area contributed by atoms with E-state index in [9.17, 15) is 24.3 Å². The summed E-state index contributed by atoms with van der Waals surface area (Å²) in [5.74, 6) is -4.78. The maximum Gasteiger partial charge on any atom is 0.316 e. The molecule has 2 aromatic heterocycles. The molecule has 1 unspecified atom stereocenters. The standard InChI is InChI=1S/C47H73N5O11/c1-14-37-47(15-2,59-13)42(52(28-53)22-18-17-21-51-26-35(49-27-51)34-19-20-38(48-25-34)60-16-3)31(6)39(54)29(4)24-46(9,58-12)43(32(7)40(55)33(8)44(57)62-37)63-45-41(56)36(50(10)11)23-30(5)61-45/h15,19-20,25-33,36-37,41-43,45,56H,2,14,16-18,21-24H2,1,3-13H3/t29-,30-,31+,32+,33-,36+,37-,41-,42-,43-,45?,46+,47-/m1/s1. The Hall–Kier alpha value is -4.06. The van der Waals surface area contributed by atoms with E-state index in [1.54, 1.807) is 58.1 Å². The number of imidazole rings is 1. The molecule has 0 aliphatic carbocycles. The lowest BCUT2D eigenvalue weighted by molar-refractivity contribution is -0.295. The van der Waals surface area contributed by atoms with Gasteiger partial charge in [-0.2, -0.15) is 0 Å². The van der Waals surface area contributed by atoms with E-state index in [1.165, 1.54) is 27.2 Å². The first kappa shape index (κ1) is 51.6. The predicted molar refractivity (Wildman–Crippen MR) is 237 cm³/mol. The number of esters is 1. The van der Waals surface area contributed by atoms with Gasteiger partial charge in [0.05, 0.1) is 42.5 Å². The van der Waals surface area contributed by atoms with Crippen LogP contribution in [0.15, 0.2) is 43.5 Å². The highest BCUT2D eigenvalue weighted by molar-refractivity contribution is 6.00. The molecule has 4 heterocycles. The van der Waals surface area contributed by atoms with Gasteiger partial charge in [-0.3, -0.25) is 19.2 Å². The summed E-state index contributed by atoms with van der Waals surface area (Å²) in [4.78, 5) is 69.1. The number of ketones is 2. The van der Waals surface area contributed by atoms with Gasteiger partial charge < -0.3 is 47.9 Å². The molecule has 0 spiro atoms. The van der Waals surface area contributed by atoms with Crippen LogP contribution in [0.25, 0.3) is 11.3 Å². The number of nitrogens with zero attached hydrogens (tertiary/aromatic N) is 5. The minimum atomic E-state index is -1.56. The number of aliphatic hydroxyl groups excluding tert-OH is 1. The SMILES string of the molecule is C=C[C@@]1(OC)[C@@H](CC)OC(=O)[C@H](C)C(=O)[C@H](C)[C@@H](OC2O[C@H](C)C[C@H](N(C)C)[C@H]2O)[C@@](C)(OC)C[C@@H](C)C(=O)[C@H](C)[C@H]1N(C=O)CCCCn1cnc(-c2ccc(OCC)nc2)c1. The minimum absolute atomic E-state index is 0.0853. The smallest absolute Gasteiger partial charge is 0.316 e. The lowest BCUT2D eigenvalue weighted by Gasteiger charge is -2.49. The van der Waals surface area contributed by atoms with Crippen molar-refractivity contribution in [3.05, 3.63) is 43.5 Å². The van der Waals surface area contributed by atoms with Crippen molar-refractivity contribution < 1.29 is 52.7 Å². The zero-order chi connectivity index (χ0) is 46.8. The number of methoxy groups -OCH3 is 2. The van der Waals surface area contributed by atoms with Gasteiger partial charge in [0.2, 0.25) is 12.3 Å². The van der Waals surface area contributed by atoms with Crippen molar-refractivity contribution in [2.45, 2.75) is 148 Å². The first-order valence-corrected chi connectivity index (χ1v) is 22.4. The first-order valence-electron chi connectivity index (χ1n) is 22.4. The first-order chi connectivity index (χ1) is 29.9. The molecule has 2 aliphatic heterocycles. The Labute approximate surface area is 374 Å². The van der Waals surface area contributed by atoms with Gasteiger partial charge in [0, 0.05) is 75.1 Å². The van der Waals surface area contributed by atoms with E-state index < -0.39 is 77.3 Å². The average molecular weight is 884 g/mol. The number of aliphatic hydroxyl groups is 1. The van der Waals surface area contributed by atoms with Crippen molar-refractivity contribution >= 4 is 23.9 Å². The van der Waals surface area contributed by atoms with E-state index in [-0.39, 0.29) is 37.3 Å². The lowest BCUT2D eigenvalue weighted by atomic mass is 9.72. The van der Waals surface area contributed by atoms with Gasteiger partial charge in [0.15, 0.2) is 12.1 Å². The molecule has 16 heteroatoms. The number of carbonyl (C=O) groups excluding carboxylic acids is 4. The molecule has 2 saturated heterocycles. The summed E-state index contributed by atoms with van der Waals surface area (Å²) in [6.45, 7) is 19.5. The predicted octanol–water partition coefficient (Wildman–Crippen LogP) is 5.15. The second kappa shape index (κ2) is 22.7. The molecule has 2 fully saturated rings. The molecule has 0 aromatic carbocycles. The summed E-state index contributed by atoms with van der Waals surface area (Å²) in [5.41, 5.74) is -1.26. The molecule has 352 valence electrons. The Bertz CT molecular complexity index is 1820. The number of hydrogen-bond acceptors (Lipinski definition) is 14. The van der Waals surface area contributed by atoms with E-state index >= 15 is 0 Å². The maximum atomic E-state index is 14.9. The van der Waals surface area contributed by atoms with Crippen LogP contribution in [-0.2, 0) is 49.4 Å². The van der Waals surface area contributed by atoms with Crippen LogP contribution in [0.2, 0.25) is 0 Å². The van der Waals surface area contributed by atoms with Crippen molar-refractivity contribution in [2.24, 2.45) is 23.7 Å². The Morgan fingerprint density at radius 3 is 2.30 bits per heavy atom. The highest BCUT2D eigenvalue weighted by atomic mass is 16.7. The largest absolute Gasteiger partial charge is 0.478 e. The van der Waals surface area contributed by atoms with Crippen LogP contribution in [0.5, 0.6) is 5.88 Å². The second-order valence-electron chi connectivity index (χ2n) is 17.8. The number of likely N-dealkylation sites (N-methyl/N-ethyl adjacent to an activating group) is 1.